The maximum Gasteiger partial charge on any atom is 1.00 e. The number of hydrogen-bond acceptors (Lipinski definition) is 5. The minimum absolute atomic E-state index is 0. The van der Waals surface area contributed by atoms with Crippen molar-refractivity contribution in [2.75, 3.05) is 0 Å². The number of benzene rings is 1. The molecule has 9 heteroatoms. The molecule has 0 fully saturated rings. The van der Waals surface area contributed by atoms with E-state index < -0.39 is 23.8 Å². The van der Waals surface area contributed by atoms with Gasteiger partial charge >= 0.3 is 65.1 Å². The Morgan fingerprint density at radius 2 is 1.68 bits per heavy atom. The Balaban J connectivity index is 0. The van der Waals surface area contributed by atoms with E-state index in [-0.39, 0.29) is 83.9 Å². The van der Waals surface area contributed by atoms with Gasteiger partial charge in [-0.1, -0.05) is 24.3 Å². The molecule has 0 saturated heterocycles. The molecule has 1 atom stereocenters. The predicted molar refractivity (Wildman–Crippen MR) is 66.3 cm³/mol. The molecule has 2 N–H and O–H groups in total. The van der Waals surface area contributed by atoms with Gasteiger partial charge in [0, 0.05) is 6.42 Å². The van der Waals surface area contributed by atoms with Gasteiger partial charge in [0.15, 0.2) is 0 Å². The van der Waals surface area contributed by atoms with Crippen molar-refractivity contribution >= 4 is 17.8 Å². The number of nitrogens with one attached hydrogen (secondary N) is 1. The molecule has 1 aromatic rings. The van der Waals surface area contributed by atoms with Crippen molar-refractivity contribution < 1.29 is 83.7 Å². The number of rotatable bonds is 7. The summed E-state index contributed by atoms with van der Waals surface area (Å²) in [6.45, 7) is 0. The van der Waals surface area contributed by atoms with E-state index in [0.717, 1.165) is 0 Å². The normalized spacial score (nSPS) is 10.6. The number of amides is 1. The Bertz CT molecular complexity index is 506. The SMILES string of the molecule is O=C(CCC(Cc1ccc(C(=O)[O-])cc1)C(=O)O)N[O-].[Na+].[Na+]. The fourth-order valence-corrected chi connectivity index (χ4v) is 1.73. The van der Waals surface area contributed by atoms with Crippen LogP contribution in [0.3, 0.4) is 0 Å². The Labute approximate surface area is 171 Å². The molecule has 7 nitrogen and oxygen atoms in total. The smallest absolute Gasteiger partial charge is 0.759 e. The number of aliphatic carboxylic acids is 1. The van der Waals surface area contributed by atoms with Gasteiger partial charge in [-0.25, -0.2) is 0 Å². The topological polar surface area (TPSA) is 130 Å². The summed E-state index contributed by atoms with van der Waals surface area (Å²) in [6.07, 6.45) is 0.0119. The van der Waals surface area contributed by atoms with Crippen LogP contribution in [-0.2, 0) is 16.0 Å². The summed E-state index contributed by atoms with van der Waals surface area (Å²) in [6, 6.07) is 5.64. The summed E-state index contributed by atoms with van der Waals surface area (Å²) < 4.78 is 0. The molecule has 22 heavy (non-hydrogen) atoms. The molecule has 0 spiro atoms. The molecule has 0 aromatic heterocycles. The predicted octanol–water partition coefficient (Wildman–Crippen LogP) is -6.30. The van der Waals surface area contributed by atoms with E-state index >= 15 is 0 Å². The number of carbonyl (C=O) groups excluding carboxylic acids is 2. The zero-order valence-electron chi connectivity index (χ0n) is 12.5. The molecule has 1 amide bonds. The van der Waals surface area contributed by atoms with Crippen molar-refractivity contribution in [1.29, 1.82) is 0 Å². The quantitative estimate of drug-likeness (QED) is 0.379. The third-order valence-electron chi connectivity index (χ3n) is 2.85. The van der Waals surface area contributed by atoms with Crippen LogP contribution < -0.4 is 69.7 Å². The van der Waals surface area contributed by atoms with E-state index in [2.05, 4.69) is 0 Å². The Morgan fingerprint density at radius 1 is 1.14 bits per heavy atom. The molecule has 0 saturated carbocycles. The summed E-state index contributed by atoms with van der Waals surface area (Å²) in [5.74, 6) is -3.96. The second-order valence-corrected chi connectivity index (χ2v) is 4.29. The van der Waals surface area contributed by atoms with Crippen molar-refractivity contribution in [1.82, 2.24) is 5.48 Å². The fourth-order valence-electron chi connectivity index (χ4n) is 1.73. The van der Waals surface area contributed by atoms with Crippen LogP contribution in [0.1, 0.15) is 28.8 Å². The number of carbonyl (C=O) groups is 3. The van der Waals surface area contributed by atoms with Crippen molar-refractivity contribution in [2.45, 2.75) is 19.3 Å². The molecule has 0 aliphatic carbocycles. The van der Waals surface area contributed by atoms with E-state index in [0.29, 0.717) is 5.56 Å². The third-order valence-corrected chi connectivity index (χ3v) is 2.85. The summed E-state index contributed by atoms with van der Waals surface area (Å²) in [7, 11) is 0. The molecule has 108 valence electrons. The van der Waals surface area contributed by atoms with E-state index in [9.17, 15) is 24.7 Å². The maximum absolute atomic E-state index is 11.1. The molecule has 0 radical (unpaired) electrons. The zero-order valence-corrected chi connectivity index (χ0v) is 16.5. The first-order chi connectivity index (χ1) is 9.43. The van der Waals surface area contributed by atoms with Crippen LogP contribution in [0, 0.1) is 11.1 Å². The van der Waals surface area contributed by atoms with E-state index in [1.807, 2.05) is 0 Å². The van der Waals surface area contributed by atoms with Crippen LogP contribution >= 0.6 is 0 Å². The van der Waals surface area contributed by atoms with Crippen LogP contribution in [-0.4, -0.2) is 23.0 Å². The molecule has 1 aromatic carbocycles. The van der Waals surface area contributed by atoms with Crippen molar-refractivity contribution in [3.05, 3.63) is 40.6 Å². The average Bonchev–Trinajstić information content (AvgIpc) is 2.43. The maximum atomic E-state index is 11.1. The van der Waals surface area contributed by atoms with Crippen LogP contribution in [0.25, 0.3) is 0 Å². The molecule has 1 rings (SSSR count). The van der Waals surface area contributed by atoms with Gasteiger partial charge in [-0.3, -0.25) is 9.59 Å². The van der Waals surface area contributed by atoms with Gasteiger partial charge in [0.05, 0.1) is 11.9 Å². The monoisotopic (exact) mass is 325 g/mol. The summed E-state index contributed by atoms with van der Waals surface area (Å²) in [5.41, 5.74) is 1.82. The minimum Gasteiger partial charge on any atom is -0.759 e. The number of hydrogen-bond donors (Lipinski definition) is 2. The van der Waals surface area contributed by atoms with Crippen LogP contribution in [0.15, 0.2) is 24.3 Å². The first-order valence-corrected chi connectivity index (χ1v) is 5.88. The van der Waals surface area contributed by atoms with Gasteiger partial charge < -0.3 is 25.7 Å². The first kappa shape index (κ1) is 23.9. The van der Waals surface area contributed by atoms with Gasteiger partial charge in [-0.05, 0) is 24.0 Å². The van der Waals surface area contributed by atoms with Gasteiger partial charge in [0.1, 0.15) is 0 Å². The van der Waals surface area contributed by atoms with Gasteiger partial charge in [0.2, 0.25) is 5.91 Å². The number of carboxylic acid groups (broad SMARTS) is 2. The van der Waals surface area contributed by atoms with Crippen molar-refractivity contribution in [3.63, 3.8) is 0 Å². The molecule has 0 bridgehead atoms. The standard InChI is InChI=1S/C13H14NO6.2Na/c15-11(14-20)6-5-10(13(18)19)7-8-1-3-9(4-2-8)12(16)17;;/h1-4,10H,5-7H2,(H3-,14,15,16,17,18,19,20);;/q-1;2*+1/p-1. The summed E-state index contributed by atoms with van der Waals surface area (Å²) in [4.78, 5) is 32.5. The third kappa shape index (κ3) is 8.28. The van der Waals surface area contributed by atoms with E-state index in [1.165, 1.54) is 29.7 Å². The van der Waals surface area contributed by atoms with E-state index in [4.69, 9.17) is 5.11 Å². The van der Waals surface area contributed by atoms with Gasteiger partial charge in [-0.2, -0.15) is 0 Å². The molecule has 1 unspecified atom stereocenters. The van der Waals surface area contributed by atoms with Gasteiger partial charge in [0.25, 0.3) is 0 Å². The zero-order chi connectivity index (χ0) is 15.1. The molecular formula is C13H13NNa2O6. The average molecular weight is 325 g/mol. The Morgan fingerprint density at radius 3 is 2.09 bits per heavy atom. The Kier molecular flexibility index (Phi) is 13.1. The fraction of sp³-hybridized carbons (Fsp3) is 0.308. The number of carboxylic acids is 2. The van der Waals surface area contributed by atoms with Crippen LogP contribution in [0.5, 0.6) is 0 Å². The molecule has 0 aliphatic rings. The van der Waals surface area contributed by atoms with Crippen LogP contribution in [0.2, 0.25) is 0 Å². The van der Waals surface area contributed by atoms with Crippen molar-refractivity contribution in [3.8, 4) is 0 Å². The Hall–Kier alpha value is -0.410. The summed E-state index contributed by atoms with van der Waals surface area (Å²) >= 11 is 0. The summed E-state index contributed by atoms with van der Waals surface area (Å²) in [5, 5.41) is 29.7. The van der Waals surface area contributed by atoms with Crippen molar-refractivity contribution in [2.24, 2.45) is 5.92 Å². The molecule has 0 heterocycles. The molecular weight excluding hydrogens is 312 g/mol. The number of aromatic carboxylic acids is 1. The second kappa shape index (κ2) is 12.1. The molecule has 0 aliphatic heterocycles. The largest absolute Gasteiger partial charge is 1.00 e. The van der Waals surface area contributed by atoms with Gasteiger partial charge in [-0.15, -0.1) is 0 Å². The van der Waals surface area contributed by atoms with E-state index in [1.54, 1.807) is 0 Å². The second-order valence-electron chi connectivity index (χ2n) is 4.29. The van der Waals surface area contributed by atoms with Crippen LogP contribution in [0.4, 0.5) is 0 Å². The number of hydroxylamine groups is 1. The first-order valence-electron chi connectivity index (χ1n) is 5.88. The minimum atomic E-state index is -1.31.